The van der Waals surface area contributed by atoms with Crippen molar-refractivity contribution in [2.75, 3.05) is 0 Å². The van der Waals surface area contributed by atoms with E-state index in [0.717, 1.165) is 17.6 Å². The molecule has 5 heteroatoms. The van der Waals surface area contributed by atoms with E-state index < -0.39 is 7.12 Å². The van der Waals surface area contributed by atoms with Crippen LogP contribution in [0.15, 0.2) is 18.5 Å². The highest BCUT2D eigenvalue weighted by atomic mass is 16.7. The van der Waals surface area contributed by atoms with Gasteiger partial charge in [-0.2, -0.15) is 0 Å². The van der Waals surface area contributed by atoms with Gasteiger partial charge < -0.3 is 14.0 Å². The van der Waals surface area contributed by atoms with Crippen LogP contribution in [0.1, 0.15) is 48.0 Å². The number of hydrogen-bond donors (Lipinski definition) is 0. The van der Waals surface area contributed by atoms with Gasteiger partial charge in [0.2, 0.25) is 0 Å². The van der Waals surface area contributed by atoms with E-state index in [-0.39, 0.29) is 17.3 Å². The van der Waals surface area contributed by atoms with E-state index in [2.05, 4.69) is 11.9 Å². The maximum absolute atomic E-state index is 6.02. The normalized spacial score (nSPS) is 21.8. The molecule has 0 spiro atoms. The molecular weight excluding hydrogens is 253 g/mol. The molecule has 20 heavy (non-hydrogen) atoms. The van der Waals surface area contributed by atoms with E-state index >= 15 is 0 Å². The van der Waals surface area contributed by atoms with E-state index in [1.165, 1.54) is 0 Å². The van der Waals surface area contributed by atoms with Crippen molar-refractivity contribution in [2.24, 2.45) is 0 Å². The number of ether oxygens (including phenoxy) is 1. The summed E-state index contributed by atoms with van der Waals surface area (Å²) in [6, 6.07) is 1.95. The van der Waals surface area contributed by atoms with Crippen molar-refractivity contribution in [3.05, 3.63) is 18.5 Å². The minimum Gasteiger partial charge on any atom is -0.489 e. The molecule has 1 aliphatic heterocycles. The van der Waals surface area contributed by atoms with Crippen LogP contribution in [0.2, 0.25) is 0 Å². The van der Waals surface area contributed by atoms with Crippen molar-refractivity contribution in [1.82, 2.24) is 4.98 Å². The lowest BCUT2D eigenvalue weighted by molar-refractivity contribution is 0.00578. The van der Waals surface area contributed by atoms with Crippen molar-refractivity contribution in [1.29, 1.82) is 0 Å². The Labute approximate surface area is 122 Å². The molecule has 4 nitrogen and oxygen atoms in total. The van der Waals surface area contributed by atoms with Crippen LogP contribution < -0.4 is 10.2 Å². The van der Waals surface area contributed by atoms with Crippen LogP contribution in [0.5, 0.6) is 5.75 Å². The molecule has 0 bridgehead atoms. The Balaban J connectivity index is 2.17. The Morgan fingerprint density at radius 2 is 1.80 bits per heavy atom. The number of rotatable bonds is 4. The van der Waals surface area contributed by atoms with Crippen LogP contribution in [0, 0.1) is 0 Å². The lowest BCUT2D eigenvalue weighted by Gasteiger charge is -2.32. The highest BCUT2D eigenvalue weighted by Gasteiger charge is 2.51. The molecule has 1 aromatic rings. The number of hydrogen-bond acceptors (Lipinski definition) is 4. The molecular formula is C15H24BNO3. The van der Waals surface area contributed by atoms with Crippen LogP contribution in [0.4, 0.5) is 0 Å². The fourth-order valence-corrected chi connectivity index (χ4v) is 1.92. The first kappa shape index (κ1) is 15.3. The Hall–Kier alpha value is -1.07. The monoisotopic (exact) mass is 277 g/mol. The molecule has 110 valence electrons. The third kappa shape index (κ3) is 2.99. The molecule has 2 heterocycles. The summed E-state index contributed by atoms with van der Waals surface area (Å²) in [5, 5.41) is 0. The average molecular weight is 277 g/mol. The Morgan fingerprint density at radius 3 is 2.35 bits per heavy atom. The van der Waals surface area contributed by atoms with Crippen LogP contribution in [-0.4, -0.2) is 29.4 Å². The van der Waals surface area contributed by atoms with Crippen molar-refractivity contribution in [3.8, 4) is 5.75 Å². The van der Waals surface area contributed by atoms with E-state index in [1.54, 1.807) is 12.4 Å². The van der Waals surface area contributed by atoms with Crippen molar-refractivity contribution in [3.63, 3.8) is 0 Å². The van der Waals surface area contributed by atoms with Gasteiger partial charge in [-0.1, -0.05) is 6.92 Å². The minimum absolute atomic E-state index is 0.172. The topological polar surface area (TPSA) is 40.6 Å². The number of nitrogens with zero attached hydrogens (tertiary/aromatic N) is 1. The molecule has 1 aliphatic rings. The van der Waals surface area contributed by atoms with Gasteiger partial charge in [0.1, 0.15) is 5.75 Å². The van der Waals surface area contributed by atoms with Gasteiger partial charge in [0.25, 0.3) is 0 Å². The van der Waals surface area contributed by atoms with Crippen LogP contribution >= 0.6 is 0 Å². The third-order valence-electron chi connectivity index (χ3n) is 4.17. The Kier molecular flexibility index (Phi) is 4.12. The van der Waals surface area contributed by atoms with Gasteiger partial charge in [-0.05, 0) is 47.1 Å². The Bertz CT molecular complexity index is 460. The van der Waals surface area contributed by atoms with E-state index in [0.29, 0.717) is 0 Å². The SMILES string of the molecule is CCC(C)Oc1cncc(B2OC(C)(C)C(C)(C)O2)c1. The fourth-order valence-electron chi connectivity index (χ4n) is 1.92. The quantitative estimate of drug-likeness (QED) is 0.793. The zero-order valence-electron chi connectivity index (χ0n) is 13.3. The predicted octanol–water partition coefficient (Wildman–Crippen LogP) is 2.56. The van der Waals surface area contributed by atoms with Gasteiger partial charge >= 0.3 is 7.12 Å². The highest BCUT2D eigenvalue weighted by molar-refractivity contribution is 6.62. The van der Waals surface area contributed by atoms with Gasteiger partial charge in [0.05, 0.1) is 23.5 Å². The van der Waals surface area contributed by atoms with Gasteiger partial charge in [-0.25, -0.2) is 0 Å². The summed E-state index contributed by atoms with van der Waals surface area (Å²) < 4.78 is 17.8. The first-order valence-electron chi connectivity index (χ1n) is 7.22. The molecule has 0 N–H and O–H groups in total. The molecule has 0 aromatic carbocycles. The first-order valence-corrected chi connectivity index (χ1v) is 7.22. The minimum atomic E-state index is -0.395. The number of aromatic nitrogens is 1. The summed E-state index contributed by atoms with van der Waals surface area (Å²) in [5.41, 5.74) is 0.209. The van der Waals surface area contributed by atoms with Crippen LogP contribution in [0.3, 0.4) is 0 Å². The smallest absolute Gasteiger partial charge is 0.489 e. The third-order valence-corrected chi connectivity index (χ3v) is 4.17. The lowest BCUT2D eigenvalue weighted by atomic mass is 9.80. The molecule has 2 rings (SSSR count). The summed E-state index contributed by atoms with van der Waals surface area (Å²) in [4.78, 5) is 4.23. The van der Waals surface area contributed by atoms with Crippen molar-refractivity contribution in [2.45, 2.75) is 65.3 Å². The summed E-state index contributed by atoms with van der Waals surface area (Å²) >= 11 is 0. The largest absolute Gasteiger partial charge is 0.496 e. The van der Waals surface area contributed by atoms with Gasteiger partial charge in [-0.15, -0.1) is 0 Å². The van der Waals surface area contributed by atoms with E-state index in [9.17, 15) is 0 Å². The standard InChI is InChI=1S/C15H24BNO3/c1-7-11(2)18-13-8-12(9-17-10-13)16-19-14(3,4)15(5,6)20-16/h8-11H,7H2,1-6H3. The second-order valence-electron chi connectivity index (χ2n) is 6.38. The van der Waals surface area contributed by atoms with Gasteiger partial charge in [0, 0.05) is 11.7 Å². The molecule has 0 amide bonds. The molecule has 1 atom stereocenters. The van der Waals surface area contributed by atoms with E-state index in [4.69, 9.17) is 14.0 Å². The zero-order chi connectivity index (χ0) is 15.0. The predicted molar refractivity (Wildman–Crippen MR) is 80.3 cm³/mol. The lowest BCUT2D eigenvalue weighted by Crippen LogP contribution is -2.41. The molecule has 1 unspecified atom stereocenters. The highest BCUT2D eigenvalue weighted by Crippen LogP contribution is 2.36. The summed E-state index contributed by atoms with van der Waals surface area (Å²) in [6.07, 6.45) is 4.62. The summed E-state index contributed by atoms with van der Waals surface area (Å²) in [7, 11) is -0.395. The maximum Gasteiger partial charge on any atom is 0.496 e. The van der Waals surface area contributed by atoms with Crippen LogP contribution in [0.25, 0.3) is 0 Å². The molecule has 0 saturated carbocycles. The maximum atomic E-state index is 6.02. The molecule has 0 aliphatic carbocycles. The van der Waals surface area contributed by atoms with Gasteiger partial charge in [-0.3, -0.25) is 4.98 Å². The first-order chi connectivity index (χ1) is 9.25. The van der Waals surface area contributed by atoms with Crippen LogP contribution in [-0.2, 0) is 9.31 Å². The molecule has 1 saturated heterocycles. The molecule has 0 radical (unpaired) electrons. The average Bonchev–Trinajstić information content (AvgIpc) is 2.59. The van der Waals surface area contributed by atoms with Crippen molar-refractivity contribution >= 4 is 12.6 Å². The summed E-state index contributed by atoms with van der Waals surface area (Å²) in [6.45, 7) is 12.3. The second-order valence-corrected chi connectivity index (χ2v) is 6.38. The fraction of sp³-hybridized carbons (Fsp3) is 0.667. The Morgan fingerprint density at radius 1 is 1.20 bits per heavy atom. The second kappa shape index (κ2) is 5.37. The molecule has 1 fully saturated rings. The molecule has 1 aromatic heterocycles. The van der Waals surface area contributed by atoms with E-state index in [1.807, 2.05) is 40.7 Å². The summed E-state index contributed by atoms with van der Waals surface area (Å²) in [5.74, 6) is 0.756. The van der Waals surface area contributed by atoms with Crippen molar-refractivity contribution < 1.29 is 14.0 Å². The zero-order valence-corrected chi connectivity index (χ0v) is 13.3. The van der Waals surface area contributed by atoms with Gasteiger partial charge in [0.15, 0.2) is 0 Å². The number of pyridine rings is 1.